The van der Waals surface area contributed by atoms with E-state index in [4.69, 9.17) is 10.8 Å². The second-order valence-corrected chi connectivity index (χ2v) is 8.10. The fraction of sp³-hybridized carbons (Fsp3) is 0.500. The first-order chi connectivity index (χ1) is 14.9. The van der Waals surface area contributed by atoms with Crippen LogP contribution in [0.3, 0.4) is 0 Å². The number of amides is 3. The van der Waals surface area contributed by atoms with E-state index in [2.05, 4.69) is 20.9 Å². The number of hydrogen-bond donors (Lipinski definition) is 6. The van der Waals surface area contributed by atoms with Crippen molar-refractivity contribution in [3.8, 4) is 0 Å². The normalized spacial score (nSPS) is 15.6. The molecule has 2 atom stereocenters. The van der Waals surface area contributed by atoms with Crippen molar-refractivity contribution < 1.29 is 19.5 Å². The molecule has 1 aromatic carbocycles. The second kappa shape index (κ2) is 10.8. The lowest BCUT2D eigenvalue weighted by Gasteiger charge is -2.29. The molecule has 0 radical (unpaired) electrons. The highest BCUT2D eigenvalue weighted by Crippen LogP contribution is 2.21. The van der Waals surface area contributed by atoms with E-state index >= 15 is 0 Å². The lowest BCUT2D eigenvalue weighted by Crippen LogP contribution is -2.55. The van der Waals surface area contributed by atoms with Crippen LogP contribution in [0.25, 0.3) is 10.9 Å². The van der Waals surface area contributed by atoms with E-state index in [1.165, 1.54) is 0 Å². The van der Waals surface area contributed by atoms with Gasteiger partial charge in [-0.15, -0.1) is 0 Å². The smallest absolute Gasteiger partial charge is 0.404 e. The molecule has 2 aromatic rings. The van der Waals surface area contributed by atoms with Gasteiger partial charge in [0.15, 0.2) is 0 Å². The fourth-order valence-electron chi connectivity index (χ4n) is 3.68. The van der Waals surface area contributed by atoms with E-state index < -0.39 is 18.2 Å². The van der Waals surface area contributed by atoms with E-state index in [1.807, 2.05) is 30.5 Å². The number of unbranched alkanes of at least 4 members (excludes halogenated alkanes) is 1. The van der Waals surface area contributed by atoms with Crippen LogP contribution in [0.2, 0.25) is 0 Å². The van der Waals surface area contributed by atoms with Crippen LogP contribution in [-0.4, -0.2) is 52.7 Å². The van der Waals surface area contributed by atoms with Gasteiger partial charge in [0.25, 0.3) is 0 Å². The third-order valence-electron chi connectivity index (χ3n) is 5.74. The summed E-state index contributed by atoms with van der Waals surface area (Å²) in [5.74, 6) is -0.569. The molecule has 31 heavy (non-hydrogen) atoms. The number of carbonyl (C=O) groups excluding carboxylic acids is 2. The van der Waals surface area contributed by atoms with Crippen LogP contribution >= 0.6 is 0 Å². The summed E-state index contributed by atoms with van der Waals surface area (Å²) in [7, 11) is 0. The maximum absolute atomic E-state index is 12.9. The Morgan fingerprint density at radius 1 is 1.16 bits per heavy atom. The monoisotopic (exact) mass is 429 g/mol. The number of benzene rings is 1. The first-order valence-electron chi connectivity index (χ1n) is 10.8. The topological polar surface area (TPSA) is 149 Å². The van der Waals surface area contributed by atoms with Crippen LogP contribution in [0, 0.1) is 0 Å². The predicted octanol–water partition coefficient (Wildman–Crippen LogP) is 1.63. The molecule has 1 fully saturated rings. The van der Waals surface area contributed by atoms with E-state index in [-0.39, 0.29) is 17.9 Å². The number of hydrogen-bond acceptors (Lipinski definition) is 4. The number of aromatic amines is 1. The van der Waals surface area contributed by atoms with Crippen molar-refractivity contribution in [1.82, 2.24) is 20.9 Å². The Bertz CT molecular complexity index is 908. The van der Waals surface area contributed by atoms with Gasteiger partial charge < -0.3 is 31.8 Å². The molecule has 9 nitrogen and oxygen atoms in total. The average molecular weight is 430 g/mol. The number of H-pyrrole nitrogens is 1. The Hall–Kier alpha value is -3.07. The number of nitrogens with two attached hydrogens (primary N) is 1. The minimum absolute atomic E-state index is 0.172. The molecule has 3 amide bonds. The summed E-state index contributed by atoms with van der Waals surface area (Å²) in [6.45, 7) is 0.316. The molecule has 1 aromatic heterocycles. The summed E-state index contributed by atoms with van der Waals surface area (Å²) < 4.78 is 0. The highest BCUT2D eigenvalue weighted by molar-refractivity contribution is 5.91. The van der Waals surface area contributed by atoms with Gasteiger partial charge in [-0.2, -0.15) is 0 Å². The van der Waals surface area contributed by atoms with Gasteiger partial charge in [0.1, 0.15) is 6.04 Å². The quantitative estimate of drug-likeness (QED) is 0.300. The average Bonchev–Trinajstić information content (AvgIpc) is 3.12. The molecule has 1 aliphatic rings. The lowest BCUT2D eigenvalue weighted by molar-refractivity contribution is -0.130. The first-order valence-corrected chi connectivity index (χ1v) is 10.8. The van der Waals surface area contributed by atoms with Crippen molar-refractivity contribution in [2.45, 2.75) is 63.1 Å². The molecular weight excluding hydrogens is 398 g/mol. The zero-order valence-corrected chi connectivity index (χ0v) is 17.5. The van der Waals surface area contributed by atoms with Crippen LogP contribution in [0.4, 0.5) is 4.79 Å². The van der Waals surface area contributed by atoms with Gasteiger partial charge in [0.05, 0.1) is 6.04 Å². The first kappa shape index (κ1) is 22.6. The van der Waals surface area contributed by atoms with Crippen molar-refractivity contribution in [2.24, 2.45) is 5.73 Å². The SMILES string of the molecule is NC(CCCCNC(=O)O)C(=O)NC(Cc1c[nH]c2ccccc12)C(=O)NC1CCC1. The summed E-state index contributed by atoms with van der Waals surface area (Å²) in [4.78, 5) is 39.2. The van der Waals surface area contributed by atoms with Crippen molar-refractivity contribution in [1.29, 1.82) is 0 Å². The molecule has 0 spiro atoms. The zero-order valence-electron chi connectivity index (χ0n) is 17.5. The molecule has 1 aliphatic carbocycles. The Balaban J connectivity index is 1.59. The summed E-state index contributed by atoms with van der Waals surface area (Å²) >= 11 is 0. The van der Waals surface area contributed by atoms with Gasteiger partial charge in [-0.25, -0.2) is 4.79 Å². The Kier molecular flexibility index (Phi) is 7.88. The Morgan fingerprint density at radius 3 is 2.65 bits per heavy atom. The Morgan fingerprint density at radius 2 is 1.94 bits per heavy atom. The molecule has 7 N–H and O–H groups in total. The van der Waals surface area contributed by atoms with Crippen molar-refractivity contribution in [3.63, 3.8) is 0 Å². The number of aromatic nitrogens is 1. The highest BCUT2D eigenvalue weighted by atomic mass is 16.4. The summed E-state index contributed by atoms with van der Waals surface area (Å²) in [5.41, 5.74) is 7.96. The molecular formula is C22H31N5O4. The van der Waals surface area contributed by atoms with Gasteiger partial charge in [-0.05, 0) is 50.2 Å². The van der Waals surface area contributed by atoms with Crippen molar-refractivity contribution in [2.75, 3.05) is 6.54 Å². The largest absolute Gasteiger partial charge is 0.465 e. The van der Waals surface area contributed by atoms with E-state index in [1.54, 1.807) is 0 Å². The van der Waals surface area contributed by atoms with E-state index in [0.717, 1.165) is 35.7 Å². The summed E-state index contributed by atoms with van der Waals surface area (Å²) in [5, 5.41) is 17.7. The number of para-hydroxylation sites is 1. The molecule has 0 saturated heterocycles. The van der Waals surface area contributed by atoms with E-state index in [9.17, 15) is 14.4 Å². The van der Waals surface area contributed by atoms with Gasteiger partial charge >= 0.3 is 6.09 Å². The summed E-state index contributed by atoms with van der Waals surface area (Å²) in [6.07, 6.45) is 5.81. The van der Waals surface area contributed by atoms with E-state index in [0.29, 0.717) is 32.2 Å². The lowest BCUT2D eigenvalue weighted by atomic mass is 9.92. The molecule has 168 valence electrons. The second-order valence-electron chi connectivity index (χ2n) is 8.10. The molecule has 1 saturated carbocycles. The molecule has 9 heteroatoms. The number of carboxylic acid groups (broad SMARTS) is 1. The number of fused-ring (bicyclic) bond motifs is 1. The van der Waals surface area contributed by atoms with Crippen LogP contribution in [0.1, 0.15) is 44.1 Å². The van der Waals surface area contributed by atoms with Crippen LogP contribution < -0.4 is 21.7 Å². The fourth-order valence-corrected chi connectivity index (χ4v) is 3.68. The molecule has 0 aliphatic heterocycles. The van der Waals surface area contributed by atoms with Gasteiger partial charge in [0.2, 0.25) is 11.8 Å². The van der Waals surface area contributed by atoms with Gasteiger partial charge in [-0.3, -0.25) is 9.59 Å². The minimum Gasteiger partial charge on any atom is -0.465 e. The van der Waals surface area contributed by atoms with Gasteiger partial charge in [-0.1, -0.05) is 18.2 Å². The molecule has 1 heterocycles. The minimum atomic E-state index is -1.07. The summed E-state index contributed by atoms with van der Waals surface area (Å²) in [6, 6.07) is 6.54. The van der Waals surface area contributed by atoms with Crippen LogP contribution in [0.5, 0.6) is 0 Å². The maximum atomic E-state index is 12.9. The third-order valence-corrected chi connectivity index (χ3v) is 5.74. The Labute approximate surface area is 181 Å². The van der Waals surface area contributed by atoms with Crippen molar-refractivity contribution >= 4 is 28.8 Å². The van der Waals surface area contributed by atoms with Crippen LogP contribution in [-0.2, 0) is 16.0 Å². The van der Waals surface area contributed by atoms with Crippen molar-refractivity contribution in [3.05, 3.63) is 36.0 Å². The molecule has 0 bridgehead atoms. The molecule has 2 unspecified atom stereocenters. The standard InChI is InChI=1S/C22H31N5O4/c23-17(9-3-4-11-24-22(30)31)20(28)27-19(21(29)26-15-6-5-7-15)12-14-13-25-18-10-2-1-8-16(14)18/h1-2,8,10,13,15,17,19,24-25H,3-7,9,11-12,23H2,(H,26,29)(H,27,28)(H,30,31). The van der Waals surface area contributed by atoms with Gasteiger partial charge in [0, 0.05) is 36.1 Å². The maximum Gasteiger partial charge on any atom is 0.404 e. The highest BCUT2D eigenvalue weighted by Gasteiger charge is 2.28. The van der Waals surface area contributed by atoms with Crippen LogP contribution in [0.15, 0.2) is 30.5 Å². The predicted molar refractivity (Wildman–Crippen MR) is 118 cm³/mol. The number of rotatable bonds is 11. The zero-order chi connectivity index (χ0) is 22.2. The third kappa shape index (κ3) is 6.45. The number of carbonyl (C=O) groups is 3. The molecule has 3 rings (SSSR count). The number of nitrogens with one attached hydrogen (secondary N) is 4.